The van der Waals surface area contributed by atoms with Gasteiger partial charge in [-0.3, -0.25) is 9.36 Å². The molecule has 2 heterocycles. The quantitative estimate of drug-likeness (QED) is 0.665. The lowest BCUT2D eigenvalue weighted by Crippen LogP contribution is -2.32. The van der Waals surface area contributed by atoms with E-state index >= 15 is 0 Å². The third-order valence-corrected chi connectivity index (χ3v) is 5.55. The van der Waals surface area contributed by atoms with Gasteiger partial charge in [0, 0.05) is 25.3 Å². The number of rotatable bonds is 8. The highest BCUT2D eigenvalue weighted by Crippen LogP contribution is 2.26. The van der Waals surface area contributed by atoms with E-state index in [0.717, 1.165) is 55.6 Å². The normalized spacial score (nSPS) is 16.8. The van der Waals surface area contributed by atoms with E-state index in [1.165, 1.54) is 11.8 Å². The lowest BCUT2D eigenvalue weighted by atomic mass is 10.2. The zero-order chi connectivity index (χ0) is 18.4. The van der Waals surface area contributed by atoms with Crippen LogP contribution in [0, 0.1) is 0 Å². The monoisotopic (exact) mass is 374 g/mol. The second kappa shape index (κ2) is 9.19. The summed E-state index contributed by atoms with van der Waals surface area (Å²) in [7, 11) is 0. The fraction of sp³-hybridized carbons (Fsp3) is 0.526. The first kappa shape index (κ1) is 18.9. The van der Waals surface area contributed by atoms with Gasteiger partial charge in [-0.25, -0.2) is 0 Å². The zero-order valence-electron chi connectivity index (χ0n) is 15.4. The SMILES string of the molecule is CCN(CC)C(=O)CSc1nnc(-c2ccccc2)n1C[C@H]1CCCO1. The number of aromatic nitrogens is 3. The molecule has 2 aromatic rings. The lowest BCUT2D eigenvalue weighted by Gasteiger charge is -2.18. The van der Waals surface area contributed by atoms with E-state index in [-0.39, 0.29) is 12.0 Å². The average molecular weight is 375 g/mol. The number of carbonyl (C=O) groups is 1. The summed E-state index contributed by atoms with van der Waals surface area (Å²) in [6.45, 7) is 7.00. The minimum Gasteiger partial charge on any atom is -0.376 e. The fourth-order valence-electron chi connectivity index (χ4n) is 3.15. The highest BCUT2D eigenvalue weighted by atomic mass is 32.2. The van der Waals surface area contributed by atoms with Crippen molar-refractivity contribution in [2.45, 2.75) is 44.5 Å². The van der Waals surface area contributed by atoms with Gasteiger partial charge in [-0.15, -0.1) is 10.2 Å². The van der Waals surface area contributed by atoms with E-state index in [1.807, 2.05) is 49.1 Å². The van der Waals surface area contributed by atoms with Crippen LogP contribution in [0.25, 0.3) is 11.4 Å². The molecule has 0 aliphatic carbocycles. The first-order valence-corrected chi connectivity index (χ1v) is 10.2. The Morgan fingerprint density at radius 1 is 1.27 bits per heavy atom. The van der Waals surface area contributed by atoms with Gasteiger partial charge in [0.15, 0.2) is 11.0 Å². The molecule has 1 aliphatic rings. The first-order chi connectivity index (χ1) is 12.7. The third kappa shape index (κ3) is 4.45. The largest absolute Gasteiger partial charge is 0.376 e. The van der Waals surface area contributed by atoms with Crippen molar-refractivity contribution < 1.29 is 9.53 Å². The molecule has 1 amide bonds. The van der Waals surface area contributed by atoms with Crippen LogP contribution in [0.5, 0.6) is 0 Å². The molecular formula is C19H26N4O2S. The number of hydrogen-bond donors (Lipinski definition) is 0. The van der Waals surface area contributed by atoms with Gasteiger partial charge in [0.1, 0.15) is 0 Å². The van der Waals surface area contributed by atoms with Crippen molar-refractivity contribution in [1.29, 1.82) is 0 Å². The molecule has 1 aliphatic heterocycles. The van der Waals surface area contributed by atoms with Crippen molar-refractivity contribution in [3.63, 3.8) is 0 Å². The fourth-order valence-corrected chi connectivity index (χ4v) is 4.00. The summed E-state index contributed by atoms with van der Waals surface area (Å²) in [4.78, 5) is 14.2. The highest BCUT2D eigenvalue weighted by Gasteiger charge is 2.22. The Labute approximate surface area is 158 Å². The van der Waals surface area contributed by atoms with Crippen molar-refractivity contribution in [1.82, 2.24) is 19.7 Å². The Hall–Kier alpha value is -1.86. The average Bonchev–Trinajstić information content (AvgIpc) is 3.32. The number of carbonyl (C=O) groups excluding carboxylic acids is 1. The number of hydrogen-bond acceptors (Lipinski definition) is 5. The summed E-state index contributed by atoms with van der Waals surface area (Å²) in [6, 6.07) is 10.0. The predicted octanol–water partition coefficient (Wildman–Crippen LogP) is 3.08. The van der Waals surface area contributed by atoms with E-state index in [0.29, 0.717) is 5.75 Å². The van der Waals surface area contributed by atoms with Crippen LogP contribution in [-0.2, 0) is 16.1 Å². The maximum absolute atomic E-state index is 12.3. The van der Waals surface area contributed by atoms with Gasteiger partial charge in [0.05, 0.1) is 18.4 Å². The number of thioether (sulfide) groups is 1. The molecule has 7 heteroatoms. The summed E-state index contributed by atoms with van der Waals surface area (Å²) in [5.74, 6) is 1.34. The maximum atomic E-state index is 12.3. The molecule has 0 unspecified atom stereocenters. The lowest BCUT2D eigenvalue weighted by molar-refractivity contribution is -0.127. The van der Waals surface area contributed by atoms with Gasteiger partial charge >= 0.3 is 0 Å². The summed E-state index contributed by atoms with van der Waals surface area (Å²) in [5.41, 5.74) is 1.03. The van der Waals surface area contributed by atoms with Crippen LogP contribution in [0.4, 0.5) is 0 Å². The van der Waals surface area contributed by atoms with E-state index in [2.05, 4.69) is 14.8 Å². The zero-order valence-corrected chi connectivity index (χ0v) is 16.2. The molecular weight excluding hydrogens is 348 g/mol. The molecule has 26 heavy (non-hydrogen) atoms. The topological polar surface area (TPSA) is 60.2 Å². The minimum absolute atomic E-state index is 0.132. The standard InChI is InChI=1S/C19H26N4O2S/c1-3-22(4-2)17(24)14-26-19-21-20-18(15-9-6-5-7-10-15)23(19)13-16-11-8-12-25-16/h5-7,9-10,16H,3-4,8,11-14H2,1-2H3/t16-/m1/s1. The molecule has 0 bridgehead atoms. The van der Waals surface area contributed by atoms with Crippen LogP contribution in [0.2, 0.25) is 0 Å². The molecule has 1 aromatic heterocycles. The summed E-state index contributed by atoms with van der Waals surface area (Å²) in [5, 5.41) is 9.55. The van der Waals surface area contributed by atoms with Crippen molar-refractivity contribution in [2.75, 3.05) is 25.4 Å². The third-order valence-electron chi connectivity index (χ3n) is 4.60. The first-order valence-electron chi connectivity index (χ1n) is 9.23. The summed E-state index contributed by atoms with van der Waals surface area (Å²) >= 11 is 1.46. The number of ether oxygens (including phenoxy) is 1. The maximum Gasteiger partial charge on any atom is 0.233 e. The van der Waals surface area contributed by atoms with Gasteiger partial charge in [-0.2, -0.15) is 0 Å². The molecule has 0 saturated carbocycles. The van der Waals surface area contributed by atoms with Gasteiger partial charge in [-0.05, 0) is 26.7 Å². The summed E-state index contributed by atoms with van der Waals surface area (Å²) in [6.07, 6.45) is 2.33. The van der Waals surface area contributed by atoms with Crippen molar-refractivity contribution >= 4 is 17.7 Å². The molecule has 140 valence electrons. The van der Waals surface area contributed by atoms with Crippen LogP contribution in [0.15, 0.2) is 35.5 Å². The molecule has 6 nitrogen and oxygen atoms in total. The highest BCUT2D eigenvalue weighted by molar-refractivity contribution is 7.99. The molecule has 1 fully saturated rings. The molecule has 3 rings (SSSR count). The smallest absolute Gasteiger partial charge is 0.233 e. The van der Waals surface area contributed by atoms with Crippen LogP contribution in [0.3, 0.4) is 0 Å². The van der Waals surface area contributed by atoms with Crippen LogP contribution >= 0.6 is 11.8 Å². The Balaban J connectivity index is 1.80. The molecule has 1 atom stereocenters. The second-order valence-corrected chi connectivity index (χ2v) is 7.22. The number of nitrogens with zero attached hydrogens (tertiary/aromatic N) is 4. The van der Waals surface area contributed by atoms with E-state index in [1.54, 1.807) is 0 Å². The van der Waals surface area contributed by atoms with Crippen molar-refractivity contribution in [2.24, 2.45) is 0 Å². The van der Waals surface area contributed by atoms with Crippen molar-refractivity contribution in [3.05, 3.63) is 30.3 Å². The minimum atomic E-state index is 0.132. The van der Waals surface area contributed by atoms with E-state index in [9.17, 15) is 4.79 Å². The molecule has 0 radical (unpaired) electrons. The summed E-state index contributed by atoms with van der Waals surface area (Å²) < 4.78 is 7.91. The second-order valence-electron chi connectivity index (χ2n) is 6.27. The van der Waals surface area contributed by atoms with Gasteiger partial charge in [-0.1, -0.05) is 42.1 Å². The van der Waals surface area contributed by atoms with Gasteiger partial charge < -0.3 is 9.64 Å². The number of benzene rings is 1. The molecule has 1 aromatic carbocycles. The predicted molar refractivity (Wildman–Crippen MR) is 103 cm³/mol. The molecule has 0 N–H and O–H groups in total. The number of amides is 1. The van der Waals surface area contributed by atoms with Gasteiger partial charge in [0.25, 0.3) is 0 Å². The van der Waals surface area contributed by atoms with E-state index in [4.69, 9.17) is 4.74 Å². The van der Waals surface area contributed by atoms with Crippen LogP contribution < -0.4 is 0 Å². The van der Waals surface area contributed by atoms with Crippen LogP contribution in [0.1, 0.15) is 26.7 Å². The Kier molecular flexibility index (Phi) is 6.68. The van der Waals surface area contributed by atoms with E-state index < -0.39 is 0 Å². The van der Waals surface area contributed by atoms with Gasteiger partial charge in [0.2, 0.25) is 5.91 Å². The van der Waals surface area contributed by atoms with Crippen molar-refractivity contribution in [3.8, 4) is 11.4 Å². The Morgan fingerprint density at radius 3 is 2.69 bits per heavy atom. The Bertz CT molecular complexity index is 710. The Morgan fingerprint density at radius 2 is 2.04 bits per heavy atom. The molecule has 0 spiro atoms. The van der Waals surface area contributed by atoms with Crippen LogP contribution in [-0.4, -0.2) is 57.1 Å². The molecule has 1 saturated heterocycles.